The number of rotatable bonds is 5. The van der Waals surface area contributed by atoms with Crippen molar-refractivity contribution in [3.8, 4) is 0 Å². The summed E-state index contributed by atoms with van der Waals surface area (Å²) in [5, 5.41) is 4.60. The van der Waals surface area contributed by atoms with Gasteiger partial charge in [-0.15, -0.1) is 11.3 Å². The van der Waals surface area contributed by atoms with Gasteiger partial charge in [-0.05, 0) is 26.3 Å². The second kappa shape index (κ2) is 6.79. The molecule has 5 nitrogen and oxygen atoms in total. The van der Waals surface area contributed by atoms with Crippen LogP contribution in [0.25, 0.3) is 10.2 Å². The van der Waals surface area contributed by atoms with Crippen LogP contribution in [0.3, 0.4) is 0 Å². The van der Waals surface area contributed by atoms with E-state index >= 15 is 0 Å². The van der Waals surface area contributed by atoms with E-state index in [2.05, 4.69) is 42.0 Å². The SMILES string of the molecule is CCc1cc2c(N(CC)CC)nc(N3CCNCC3)nc2s1. The fraction of sp³-hybridized carbons (Fsp3) is 0.625. The fourth-order valence-corrected chi connectivity index (χ4v) is 3.85. The first kappa shape index (κ1) is 15.5. The first-order valence-corrected chi connectivity index (χ1v) is 9.09. The summed E-state index contributed by atoms with van der Waals surface area (Å²) in [6.45, 7) is 12.5. The van der Waals surface area contributed by atoms with E-state index in [0.29, 0.717) is 0 Å². The lowest BCUT2D eigenvalue weighted by atomic mass is 10.3. The summed E-state index contributed by atoms with van der Waals surface area (Å²) >= 11 is 1.81. The van der Waals surface area contributed by atoms with Crippen molar-refractivity contribution in [2.45, 2.75) is 27.2 Å². The number of hydrogen-bond acceptors (Lipinski definition) is 6. The molecule has 3 rings (SSSR count). The number of anilines is 2. The predicted molar refractivity (Wildman–Crippen MR) is 95.4 cm³/mol. The molecule has 1 aliphatic heterocycles. The quantitative estimate of drug-likeness (QED) is 0.917. The minimum atomic E-state index is 0.889. The predicted octanol–water partition coefficient (Wildman–Crippen LogP) is 2.51. The molecule has 1 N–H and O–H groups in total. The summed E-state index contributed by atoms with van der Waals surface area (Å²) in [5.41, 5.74) is 0. The number of aromatic nitrogens is 2. The third-order valence-electron chi connectivity index (χ3n) is 4.22. The molecule has 0 aliphatic carbocycles. The molecule has 2 aromatic rings. The molecular weight excluding hydrogens is 294 g/mol. The molecule has 3 heterocycles. The van der Waals surface area contributed by atoms with Crippen molar-refractivity contribution < 1.29 is 0 Å². The van der Waals surface area contributed by atoms with Gasteiger partial charge in [0.15, 0.2) is 0 Å². The number of nitrogens with zero attached hydrogens (tertiary/aromatic N) is 4. The number of nitrogens with one attached hydrogen (secondary N) is 1. The Bertz CT molecular complexity index is 629. The number of thiophene rings is 1. The van der Waals surface area contributed by atoms with Crippen molar-refractivity contribution in [3.05, 3.63) is 10.9 Å². The summed E-state index contributed by atoms with van der Waals surface area (Å²) in [5.74, 6) is 1.99. The van der Waals surface area contributed by atoms with Gasteiger partial charge in [-0.1, -0.05) is 6.92 Å². The van der Waals surface area contributed by atoms with Crippen LogP contribution in [-0.4, -0.2) is 49.2 Å². The van der Waals surface area contributed by atoms with Gasteiger partial charge in [0, 0.05) is 44.1 Å². The van der Waals surface area contributed by atoms with Gasteiger partial charge in [0.25, 0.3) is 0 Å². The van der Waals surface area contributed by atoms with E-state index < -0.39 is 0 Å². The summed E-state index contributed by atoms with van der Waals surface area (Å²) in [6.07, 6.45) is 1.06. The van der Waals surface area contributed by atoms with Crippen molar-refractivity contribution in [3.63, 3.8) is 0 Å². The van der Waals surface area contributed by atoms with Crippen LogP contribution in [0, 0.1) is 0 Å². The molecular formula is C16H25N5S. The molecule has 0 aromatic carbocycles. The van der Waals surface area contributed by atoms with Gasteiger partial charge in [0.2, 0.25) is 5.95 Å². The maximum atomic E-state index is 4.93. The van der Waals surface area contributed by atoms with E-state index in [1.807, 2.05) is 11.3 Å². The van der Waals surface area contributed by atoms with E-state index in [-0.39, 0.29) is 0 Å². The Labute approximate surface area is 136 Å². The minimum Gasteiger partial charge on any atom is -0.356 e. The Morgan fingerprint density at radius 2 is 1.91 bits per heavy atom. The Balaban J connectivity index is 2.09. The van der Waals surface area contributed by atoms with E-state index in [4.69, 9.17) is 9.97 Å². The van der Waals surface area contributed by atoms with Crippen LogP contribution in [0.1, 0.15) is 25.6 Å². The highest BCUT2D eigenvalue weighted by atomic mass is 32.1. The molecule has 1 saturated heterocycles. The van der Waals surface area contributed by atoms with Crippen LogP contribution in [0.15, 0.2) is 6.07 Å². The molecule has 120 valence electrons. The van der Waals surface area contributed by atoms with Gasteiger partial charge < -0.3 is 15.1 Å². The summed E-state index contributed by atoms with van der Waals surface area (Å²) < 4.78 is 0. The number of aryl methyl sites for hydroxylation is 1. The fourth-order valence-electron chi connectivity index (χ4n) is 2.89. The molecule has 1 aliphatic rings. The monoisotopic (exact) mass is 319 g/mol. The molecule has 0 spiro atoms. The van der Waals surface area contributed by atoms with Crippen LogP contribution in [-0.2, 0) is 6.42 Å². The van der Waals surface area contributed by atoms with Crippen LogP contribution in [0.2, 0.25) is 0 Å². The van der Waals surface area contributed by atoms with Gasteiger partial charge in [-0.25, -0.2) is 4.98 Å². The molecule has 0 radical (unpaired) electrons. The van der Waals surface area contributed by atoms with Crippen molar-refractivity contribution in [2.24, 2.45) is 0 Å². The molecule has 0 atom stereocenters. The molecule has 0 bridgehead atoms. The summed E-state index contributed by atoms with van der Waals surface area (Å²) in [4.78, 5) is 16.9. The molecule has 2 aromatic heterocycles. The summed E-state index contributed by atoms with van der Waals surface area (Å²) in [6, 6.07) is 2.27. The first-order chi connectivity index (χ1) is 10.8. The highest BCUT2D eigenvalue weighted by molar-refractivity contribution is 7.18. The second-order valence-corrected chi connectivity index (χ2v) is 6.66. The average Bonchev–Trinajstić information content (AvgIpc) is 3.00. The lowest BCUT2D eigenvalue weighted by molar-refractivity contribution is 0.580. The molecule has 22 heavy (non-hydrogen) atoms. The average molecular weight is 319 g/mol. The van der Waals surface area contributed by atoms with Gasteiger partial charge in [-0.2, -0.15) is 4.98 Å². The second-order valence-electron chi connectivity index (χ2n) is 5.54. The zero-order valence-corrected chi connectivity index (χ0v) is 14.5. The molecule has 6 heteroatoms. The van der Waals surface area contributed by atoms with E-state index in [0.717, 1.165) is 62.3 Å². The maximum absolute atomic E-state index is 4.93. The summed E-state index contributed by atoms with van der Waals surface area (Å²) in [7, 11) is 0. The smallest absolute Gasteiger partial charge is 0.228 e. The van der Waals surface area contributed by atoms with Gasteiger partial charge in [-0.3, -0.25) is 0 Å². The van der Waals surface area contributed by atoms with E-state index in [1.54, 1.807) is 0 Å². The molecule has 0 amide bonds. The highest BCUT2D eigenvalue weighted by Gasteiger charge is 2.19. The normalized spacial score (nSPS) is 15.5. The number of fused-ring (bicyclic) bond motifs is 1. The van der Waals surface area contributed by atoms with E-state index in [1.165, 1.54) is 10.3 Å². The molecule has 0 saturated carbocycles. The van der Waals surface area contributed by atoms with Gasteiger partial charge in [0.05, 0.1) is 5.39 Å². The van der Waals surface area contributed by atoms with Crippen molar-refractivity contribution >= 4 is 33.3 Å². The zero-order chi connectivity index (χ0) is 15.5. The first-order valence-electron chi connectivity index (χ1n) is 8.27. The van der Waals surface area contributed by atoms with Crippen LogP contribution < -0.4 is 15.1 Å². The highest BCUT2D eigenvalue weighted by Crippen LogP contribution is 2.33. The van der Waals surface area contributed by atoms with Crippen LogP contribution >= 0.6 is 11.3 Å². The lowest BCUT2D eigenvalue weighted by Crippen LogP contribution is -2.44. The number of hydrogen-bond donors (Lipinski definition) is 1. The largest absolute Gasteiger partial charge is 0.356 e. The topological polar surface area (TPSA) is 44.3 Å². The van der Waals surface area contributed by atoms with Crippen LogP contribution in [0.5, 0.6) is 0 Å². The van der Waals surface area contributed by atoms with Crippen molar-refractivity contribution in [1.82, 2.24) is 15.3 Å². The van der Waals surface area contributed by atoms with Crippen molar-refractivity contribution in [2.75, 3.05) is 49.1 Å². The van der Waals surface area contributed by atoms with Gasteiger partial charge in [0.1, 0.15) is 10.6 Å². The zero-order valence-electron chi connectivity index (χ0n) is 13.7. The Morgan fingerprint density at radius 3 is 2.55 bits per heavy atom. The third kappa shape index (κ3) is 2.90. The Kier molecular flexibility index (Phi) is 4.78. The maximum Gasteiger partial charge on any atom is 0.228 e. The third-order valence-corrected chi connectivity index (χ3v) is 5.40. The Morgan fingerprint density at radius 1 is 1.18 bits per heavy atom. The lowest BCUT2D eigenvalue weighted by Gasteiger charge is -2.29. The molecule has 1 fully saturated rings. The van der Waals surface area contributed by atoms with E-state index in [9.17, 15) is 0 Å². The molecule has 0 unspecified atom stereocenters. The van der Waals surface area contributed by atoms with Crippen molar-refractivity contribution in [1.29, 1.82) is 0 Å². The standard InChI is InChI=1S/C16H25N5S/c1-4-12-11-13-14(20(5-2)6-3)18-16(19-15(13)22-12)21-9-7-17-8-10-21/h11,17H,4-10H2,1-3H3. The Hall–Kier alpha value is -1.40. The van der Waals surface area contributed by atoms with Crippen LogP contribution in [0.4, 0.5) is 11.8 Å². The van der Waals surface area contributed by atoms with Gasteiger partial charge >= 0.3 is 0 Å². The number of piperazine rings is 1. The minimum absolute atomic E-state index is 0.889.